The van der Waals surface area contributed by atoms with E-state index in [4.69, 9.17) is 8.60 Å². The highest BCUT2D eigenvalue weighted by Gasteiger charge is 2.31. The van der Waals surface area contributed by atoms with E-state index >= 15 is 0 Å². The van der Waals surface area contributed by atoms with Gasteiger partial charge in [0, 0.05) is 5.39 Å². The maximum atomic E-state index is 12.7. The lowest BCUT2D eigenvalue weighted by molar-refractivity contribution is -0.137. The molecule has 182 valence electrons. The van der Waals surface area contributed by atoms with Crippen LogP contribution in [0.1, 0.15) is 5.56 Å². The highest BCUT2D eigenvalue weighted by molar-refractivity contribution is 7.92. The second-order valence-electron chi connectivity index (χ2n) is 7.10. The van der Waals surface area contributed by atoms with E-state index in [9.17, 15) is 34.8 Å². The summed E-state index contributed by atoms with van der Waals surface area (Å²) >= 11 is 0. The van der Waals surface area contributed by atoms with Gasteiger partial charge in [0.1, 0.15) is 10.6 Å². The van der Waals surface area contributed by atoms with Crippen molar-refractivity contribution in [1.82, 2.24) is 0 Å². The molecule has 1 aromatic heterocycles. The van der Waals surface area contributed by atoms with Crippen LogP contribution in [0.3, 0.4) is 0 Å². The minimum absolute atomic E-state index is 0.121. The van der Waals surface area contributed by atoms with Crippen LogP contribution in [-0.2, 0) is 26.3 Å². The van der Waals surface area contributed by atoms with Crippen LogP contribution in [0.4, 0.5) is 18.9 Å². The number of sulfonamides is 1. The lowest BCUT2D eigenvalue weighted by Gasteiger charge is -2.11. The molecule has 0 atom stereocenters. The topological polar surface area (TPSA) is 120 Å². The van der Waals surface area contributed by atoms with E-state index < -0.39 is 48.1 Å². The number of anilines is 1. The van der Waals surface area contributed by atoms with Crippen LogP contribution in [-0.4, -0.2) is 16.8 Å². The van der Waals surface area contributed by atoms with Gasteiger partial charge < -0.3 is 8.60 Å². The van der Waals surface area contributed by atoms with Crippen molar-refractivity contribution in [2.24, 2.45) is 0 Å². The van der Waals surface area contributed by atoms with E-state index in [2.05, 4.69) is 0 Å². The van der Waals surface area contributed by atoms with Gasteiger partial charge in [-0.25, -0.2) is 13.2 Å². The lowest BCUT2D eigenvalue weighted by atomic mass is 10.2. The summed E-state index contributed by atoms with van der Waals surface area (Å²) in [6.45, 7) is 0. The molecule has 0 aliphatic rings. The van der Waals surface area contributed by atoms with Gasteiger partial charge in [-0.2, -0.15) is 21.6 Å². The Morgan fingerprint density at radius 2 is 1.46 bits per heavy atom. The van der Waals surface area contributed by atoms with Gasteiger partial charge in [-0.1, -0.05) is 30.3 Å². The van der Waals surface area contributed by atoms with E-state index in [1.54, 1.807) is 6.07 Å². The molecule has 0 unspecified atom stereocenters. The monoisotopic (exact) mass is 525 g/mol. The number of para-hydroxylation sites is 1. The second-order valence-corrected chi connectivity index (χ2v) is 10.3. The molecule has 0 amide bonds. The lowest BCUT2D eigenvalue weighted by Crippen LogP contribution is -2.19. The number of benzene rings is 3. The zero-order valence-corrected chi connectivity index (χ0v) is 18.9. The minimum Gasteiger partial charge on any atom is -0.417 e. The molecular weight excluding hydrogens is 511 g/mol. The van der Waals surface area contributed by atoms with Crippen LogP contribution in [0.15, 0.2) is 97.9 Å². The fourth-order valence-electron chi connectivity index (χ4n) is 3.03. The van der Waals surface area contributed by atoms with E-state index in [1.807, 2.05) is 4.72 Å². The molecule has 13 heteroatoms. The molecule has 8 nitrogen and oxygen atoms in total. The summed E-state index contributed by atoms with van der Waals surface area (Å²) in [5, 5.41) is 0.121. The van der Waals surface area contributed by atoms with Gasteiger partial charge in [0.2, 0.25) is 0 Å². The van der Waals surface area contributed by atoms with Crippen LogP contribution in [0.5, 0.6) is 5.75 Å². The SMILES string of the molecule is O=c1oc2c(OS(=O)(=O)c3ccccc3)cccc2cc1NS(=O)(=O)c1ccc(C(F)(F)F)cc1. The Kier molecular flexibility index (Phi) is 6.07. The van der Waals surface area contributed by atoms with Crippen molar-refractivity contribution in [3.05, 3.63) is 94.8 Å². The molecule has 4 rings (SSSR count). The van der Waals surface area contributed by atoms with Crippen molar-refractivity contribution in [3.63, 3.8) is 0 Å². The number of alkyl halides is 3. The van der Waals surface area contributed by atoms with Crippen LogP contribution in [0, 0.1) is 0 Å². The Balaban J connectivity index is 1.67. The fourth-order valence-corrected chi connectivity index (χ4v) is 5.03. The summed E-state index contributed by atoms with van der Waals surface area (Å²) in [6.07, 6.45) is -4.65. The zero-order valence-electron chi connectivity index (χ0n) is 17.3. The van der Waals surface area contributed by atoms with Crippen molar-refractivity contribution in [2.45, 2.75) is 16.0 Å². The maximum Gasteiger partial charge on any atom is 0.416 e. The van der Waals surface area contributed by atoms with Crippen LogP contribution < -0.4 is 14.5 Å². The van der Waals surface area contributed by atoms with Crippen molar-refractivity contribution in [3.8, 4) is 5.75 Å². The molecule has 0 aliphatic carbocycles. The molecule has 3 aromatic carbocycles. The molecule has 0 aliphatic heterocycles. The number of fused-ring (bicyclic) bond motifs is 1. The van der Waals surface area contributed by atoms with Gasteiger partial charge in [0.15, 0.2) is 11.3 Å². The van der Waals surface area contributed by atoms with Crippen molar-refractivity contribution in [1.29, 1.82) is 0 Å². The standard InChI is InChI=1S/C22H14F3NO7S2/c23-22(24,25)15-9-11-16(12-10-15)34(28,29)26-18-13-14-5-4-8-19(20(14)32-21(18)27)33-35(30,31)17-6-2-1-3-7-17/h1-13,26H. The first-order chi connectivity index (χ1) is 16.4. The average Bonchev–Trinajstić information content (AvgIpc) is 2.80. The fraction of sp³-hybridized carbons (Fsp3) is 0.0455. The largest absolute Gasteiger partial charge is 0.417 e. The average molecular weight is 525 g/mol. The number of hydrogen-bond acceptors (Lipinski definition) is 7. The number of hydrogen-bond donors (Lipinski definition) is 1. The summed E-state index contributed by atoms with van der Waals surface area (Å²) in [5.41, 5.74) is -3.02. The van der Waals surface area contributed by atoms with Crippen molar-refractivity contribution in [2.75, 3.05) is 4.72 Å². The highest BCUT2D eigenvalue weighted by atomic mass is 32.2. The third-order valence-electron chi connectivity index (χ3n) is 4.69. The molecular formula is C22H14F3NO7S2. The summed E-state index contributed by atoms with van der Waals surface area (Å²) in [5.74, 6) is -0.305. The summed E-state index contributed by atoms with van der Waals surface area (Å²) < 4.78 is 101. The molecule has 0 fully saturated rings. The molecule has 1 N–H and O–H groups in total. The first-order valence-corrected chi connectivity index (χ1v) is 12.5. The Bertz CT molecular complexity index is 1660. The summed E-state index contributed by atoms with van der Waals surface area (Å²) in [6, 6.07) is 15.0. The minimum atomic E-state index is -4.65. The Hall–Kier alpha value is -3.84. The molecule has 35 heavy (non-hydrogen) atoms. The van der Waals surface area contributed by atoms with E-state index in [-0.39, 0.29) is 21.6 Å². The Morgan fingerprint density at radius 1 is 0.800 bits per heavy atom. The molecule has 0 radical (unpaired) electrons. The second kappa shape index (κ2) is 8.74. The predicted molar refractivity (Wildman–Crippen MR) is 119 cm³/mol. The van der Waals surface area contributed by atoms with Crippen LogP contribution in [0.2, 0.25) is 0 Å². The van der Waals surface area contributed by atoms with Gasteiger partial charge in [-0.15, -0.1) is 0 Å². The van der Waals surface area contributed by atoms with Gasteiger partial charge in [0.25, 0.3) is 10.0 Å². The first kappa shape index (κ1) is 24.3. The number of nitrogens with one attached hydrogen (secondary N) is 1. The quantitative estimate of drug-likeness (QED) is 0.293. The molecule has 0 saturated carbocycles. The van der Waals surface area contributed by atoms with E-state index in [0.29, 0.717) is 12.1 Å². The van der Waals surface area contributed by atoms with Gasteiger partial charge in [0.05, 0.1) is 10.5 Å². The van der Waals surface area contributed by atoms with Crippen LogP contribution in [0.25, 0.3) is 11.0 Å². The van der Waals surface area contributed by atoms with Gasteiger partial charge in [-0.05, 0) is 48.5 Å². The van der Waals surface area contributed by atoms with E-state index in [1.165, 1.54) is 42.5 Å². The number of rotatable bonds is 6. The Labute approximate surface area is 196 Å². The first-order valence-electron chi connectivity index (χ1n) is 9.63. The van der Waals surface area contributed by atoms with Gasteiger partial charge >= 0.3 is 21.9 Å². The summed E-state index contributed by atoms with van der Waals surface area (Å²) in [7, 11) is -8.71. The predicted octanol–water partition coefficient (Wildman–Crippen LogP) is 4.38. The maximum absolute atomic E-state index is 12.7. The Morgan fingerprint density at radius 3 is 2.09 bits per heavy atom. The van der Waals surface area contributed by atoms with E-state index in [0.717, 1.165) is 18.2 Å². The normalized spacial score (nSPS) is 12.4. The third-order valence-corrected chi connectivity index (χ3v) is 7.32. The zero-order chi connectivity index (χ0) is 25.4. The third kappa shape index (κ3) is 5.15. The molecule has 0 saturated heterocycles. The molecule has 0 bridgehead atoms. The van der Waals surface area contributed by atoms with Gasteiger partial charge in [-0.3, -0.25) is 4.72 Å². The highest BCUT2D eigenvalue weighted by Crippen LogP contribution is 2.31. The molecule has 1 heterocycles. The molecule has 4 aromatic rings. The number of halogens is 3. The summed E-state index contributed by atoms with van der Waals surface area (Å²) in [4.78, 5) is 11.8. The molecule has 0 spiro atoms. The van der Waals surface area contributed by atoms with Crippen molar-refractivity contribution >= 4 is 36.8 Å². The smallest absolute Gasteiger partial charge is 0.416 e. The van der Waals surface area contributed by atoms with Crippen molar-refractivity contribution < 1.29 is 38.6 Å². The van der Waals surface area contributed by atoms with Crippen LogP contribution >= 0.6 is 0 Å².